The van der Waals surface area contributed by atoms with E-state index in [2.05, 4.69) is 35.7 Å². The number of hydrogen-bond acceptors (Lipinski definition) is 4. The fraction of sp³-hybridized carbons (Fsp3) is 0.588. The number of benzene rings is 1. The zero-order chi connectivity index (χ0) is 18.2. The summed E-state index contributed by atoms with van der Waals surface area (Å²) in [4.78, 5) is 4.98. The normalized spacial score (nSPS) is 13.0. The molecule has 0 aliphatic heterocycles. The number of nitrogens with one attached hydrogen (secondary N) is 2. The van der Waals surface area contributed by atoms with E-state index in [1.54, 1.807) is 23.9 Å². The molecule has 0 bridgehead atoms. The molecule has 0 aliphatic carbocycles. The predicted molar refractivity (Wildman–Crippen MR) is 105 cm³/mol. The zero-order valence-corrected chi connectivity index (χ0v) is 16.9. The molecule has 0 aliphatic rings. The SMILES string of the molecule is CCNC(=NCC(C)(C)SC)NCCc1ccc(S(C)(=O)=O)cc1. The van der Waals surface area contributed by atoms with Crippen molar-refractivity contribution in [2.24, 2.45) is 4.99 Å². The Kier molecular flexibility index (Phi) is 8.09. The van der Waals surface area contributed by atoms with Crippen LogP contribution >= 0.6 is 11.8 Å². The predicted octanol–water partition coefficient (Wildman–Crippen LogP) is 2.33. The van der Waals surface area contributed by atoms with Crippen LogP contribution in [0.15, 0.2) is 34.2 Å². The van der Waals surface area contributed by atoms with E-state index in [4.69, 9.17) is 0 Å². The Morgan fingerprint density at radius 2 is 1.83 bits per heavy atom. The van der Waals surface area contributed by atoms with Gasteiger partial charge in [-0.05, 0) is 51.1 Å². The number of thioether (sulfide) groups is 1. The largest absolute Gasteiger partial charge is 0.357 e. The summed E-state index contributed by atoms with van der Waals surface area (Å²) in [7, 11) is -3.13. The van der Waals surface area contributed by atoms with Crippen LogP contribution in [0.5, 0.6) is 0 Å². The van der Waals surface area contributed by atoms with Crippen LogP contribution in [0.1, 0.15) is 26.3 Å². The molecule has 0 spiro atoms. The van der Waals surface area contributed by atoms with Gasteiger partial charge in [-0.3, -0.25) is 4.99 Å². The lowest BCUT2D eigenvalue weighted by atomic mass is 10.1. The lowest BCUT2D eigenvalue weighted by Crippen LogP contribution is -2.39. The molecule has 0 unspecified atom stereocenters. The number of rotatable bonds is 8. The molecular weight excluding hydrogens is 342 g/mol. The minimum atomic E-state index is -3.13. The Bertz CT molecular complexity index is 638. The number of sulfone groups is 1. The van der Waals surface area contributed by atoms with Crippen LogP contribution in [-0.2, 0) is 16.3 Å². The minimum absolute atomic E-state index is 0.115. The Morgan fingerprint density at radius 1 is 1.21 bits per heavy atom. The topological polar surface area (TPSA) is 70.6 Å². The summed E-state index contributed by atoms with van der Waals surface area (Å²) in [6, 6.07) is 7.04. The van der Waals surface area contributed by atoms with Gasteiger partial charge in [-0.2, -0.15) is 11.8 Å². The second kappa shape index (κ2) is 9.32. The molecule has 0 amide bonds. The molecule has 1 aromatic carbocycles. The smallest absolute Gasteiger partial charge is 0.191 e. The average Bonchev–Trinajstić information content (AvgIpc) is 2.52. The van der Waals surface area contributed by atoms with E-state index in [-0.39, 0.29) is 4.75 Å². The molecule has 136 valence electrons. The first-order valence-corrected chi connectivity index (χ1v) is 11.2. The summed E-state index contributed by atoms with van der Waals surface area (Å²) in [5, 5.41) is 6.57. The van der Waals surface area contributed by atoms with E-state index in [0.717, 1.165) is 37.6 Å². The van der Waals surface area contributed by atoms with E-state index in [9.17, 15) is 8.42 Å². The maximum absolute atomic E-state index is 11.5. The maximum Gasteiger partial charge on any atom is 0.191 e. The van der Waals surface area contributed by atoms with Crippen molar-refractivity contribution >= 4 is 27.6 Å². The average molecular weight is 372 g/mol. The van der Waals surface area contributed by atoms with Gasteiger partial charge in [0.05, 0.1) is 11.4 Å². The molecule has 0 fully saturated rings. The van der Waals surface area contributed by atoms with Crippen molar-refractivity contribution in [1.82, 2.24) is 10.6 Å². The van der Waals surface area contributed by atoms with Crippen molar-refractivity contribution in [2.75, 3.05) is 32.1 Å². The summed E-state index contributed by atoms with van der Waals surface area (Å²) in [5.74, 6) is 0.812. The molecule has 0 aromatic heterocycles. The Balaban J connectivity index is 2.57. The summed E-state index contributed by atoms with van der Waals surface area (Å²) in [6.07, 6.45) is 4.12. The Labute approximate surface area is 150 Å². The fourth-order valence-electron chi connectivity index (χ4n) is 1.90. The van der Waals surface area contributed by atoms with Gasteiger partial charge >= 0.3 is 0 Å². The molecule has 2 N–H and O–H groups in total. The first-order valence-electron chi connectivity index (χ1n) is 8.04. The van der Waals surface area contributed by atoms with Crippen LogP contribution in [0.3, 0.4) is 0 Å². The van der Waals surface area contributed by atoms with Gasteiger partial charge in [0.2, 0.25) is 0 Å². The lowest BCUT2D eigenvalue weighted by molar-refractivity contribution is 0.602. The van der Waals surface area contributed by atoms with Crippen molar-refractivity contribution in [2.45, 2.75) is 36.8 Å². The van der Waals surface area contributed by atoms with Gasteiger partial charge < -0.3 is 10.6 Å². The van der Waals surface area contributed by atoms with Crippen molar-refractivity contribution in [3.8, 4) is 0 Å². The molecule has 0 heterocycles. The summed E-state index contributed by atoms with van der Waals surface area (Å²) in [5.41, 5.74) is 1.09. The minimum Gasteiger partial charge on any atom is -0.357 e. The molecule has 1 rings (SSSR count). The van der Waals surface area contributed by atoms with Gasteiger partial charge in [0.1, 0.15) is 0 Å². The number of hydrogen-bond donors (Lipinski definition) is 2. The number of nitrogens with zero attached hydrogens (tertiary/aromatic N) is 1. The van der Waals surface area contributed by atoms with Crippen LogP contribution in [0.25, 0.3) is 0 Å². The van der Waals surface area contributed by atoms with Crippen molar-refractivity contribution in [1.29, 1.82) is 0 Å². The third kappa shape index (κ3) is 7.57. The summed E-state index contributed by atoms with van der Waals surface area (Å²) in [6.45, 7) is 8.69. The second-order valence-corrected chi connectivity index (χ2v) is 9.78. The first kappa shape index (κ1) is 20.8. The summed E-state index contributed by atoms with van der Waals surface area (Å²) < 4.78 is 23.0. The highest BCUT2D eigenvalue weighted by Crippen LogP contribution is 2.20. The standard InChI is InChI=1S/C17H29N3O2S2/c1-6-18-16(20-13-17(2,3)23-4)19-12-11-14-7-9-15(10-8-14)24(5,21)22/h7-10H,6,11-13H2,1-5H3,(H2,18,19,20). The molecule has 7 heteroatoms. The fourth-order valence-corrected chi connectivity index (χ4v) is 2.73. The van der Waals surface area contributed by atoms with E-state index in [0.29, 0.717) is 4.90 Å². The van der Waals surface area contributed by atoms with Crippen molar-refractivity contribution in [3.63, 3.8) is 0 Å². The number of aliphatic imine (C=N–C) groups is 1. The molecular formula is C17H29N3O2S2. The Morgan fingerprint density at radius 3 is 2.33 bits per heavy atom. The molecule has 0 radical (unpaired) electrons. The van der Waals surface area contributed by atoms with Crippen LogP contribution in [0.4, 0.5) is 0 Å². The molecule has 1 aromatic rings. The van der Waals surface area contributed by atoms with Gasteiger partial charge in [-0.25, -0.2) is 8.42 Å². The van der Waals surface area contributed by atoms with Crippen molar-refractivity contribution < 1.29 is 8.42 Å². The van der Waals surface area contributed by atoms with Gasteiger partial charge in [0.25, 0.3) is 0 Å². The van der Waals surface area contributed by atoms with Crippen molar-refractivity contribution in [3.05, 3.63) is 29.8 Å². The van der Waals surface area contributed by atoms with E-state index >= 15 is 0 Å². The second-order valence-electron chi connectivity index (χ2n) is 6.25. The van der Waals surface area contributed by atoms with Crippen LogP contribution in [0, 0.1) is 0 Å². The van der Waals surface area contributed by atoms with Crippen LogP contribution in [-0.4, -0.2) is 51.3 Å². The van der Waals surface area contributed by atoms with Gasteiger partial charge in [0.15, 0.2) is 15.8 Å². The molecule has 0 atom stereocenters. The number of guanidine groups is 1. The first-order chi connectivity index (χ1) is 11.2. The molecule has 5 nitrogen and oxygen atoms in total. The van der Waals surface area contributed by atoms with Crippen LogP contribution < -0.4 is 10.6 Å². The maximum atomic E-state index is 11.5. The van der Waals surface area contributed by atoms with Crippen LogP contribution in [0.2, 0.25) is 0 Å². The third-order valence-electron chi connectivity index (χ3n) is 3.57. The summed E-state index contributed by atoms with van der Waals surface area (Å²) >= 11 is 1.80. The van der Waals surface area contributed by atoms with Gasteiger partial charge in [0, 0.05) is 24.1 Å². The highest BCUT2D eigenvalue weighted by atomic mass is 32.2. The molecule has 0 saturated heterocycles. The Hall–Kier alpha value is -1.21. The molecule has 0 saturated carbocycles. The molecule has 24 heavy (non-hydrogen) atoms. The van der Waals surface area contributed by atoms with E-state index in [1.165, 1.54) is 6.26 Å². The van der Waals surface area contributed by atoms with E-state index < -0.39 is 9.84 Å². The monoisotopic (exact) mass is 371 g/mol. The van der Waals surface area contributed by atoms with Gasteiger partial charge in [-0.1, -0.05) is 12.1 Å². The highest BCUT2D eigenvalue weighted by Gasteiger charge is 2.15. The highest BCUT2D eigenvalue weighted by molar-refractivity contribution is 7.99. The third-order valence-corrected chi connectivity index (χ3v) is 5.94. The lowest BCUT2D eigenvalue weighted by Gasteiger charge is -2.20. The van der Waals surface area contributed by atoms with Gasteiger partial charge in [-0.15, -0.1) is 0 Å². The zero-order valence-electron chi connectivity index (χ0n) is 15.2. The quantitative estimate of drug-likeness (QED) is 0.542. The van der Waals surface area contributed by atoms with E-state index in [1.807, 2.05) is 19.1 Å².